The van der Waals surface area contributed by atoms with Gasteiger partial charge >= 0.3 is 0 Å². The molecule has 0 aliphatic heterocycles. The largest absolute Gasteiger partial charge is 0.481 e. The van der Waals surface area contributed by atoms with Crippen LogP contribution in [0.3, 0.4) is 0 Å². The van der Waals surface area contributed by atoms with E-state index in [4.69, 9.17) is 39.5 Å². The van der Waals surface area contributed by atoms with Crippen LogP contribution in [0.5, 0.6) is 5.75 Å². The zero-order valence-corrected chi connectivity index (χ0v) is 15.2. The standard InChI is InChI=1S/C17H16Cl3NO2/c1-9-4-5-16(10(2)6-9)23-11(3)17(22)21-15-8-13(19)12(18)7-14(15)20/h4-8,11H,1-3H3,(H,21,22)/t11-/m0/s1. The van der Waals surface area contributed by atoms with Gasteiger partial charge in [0, 0.05) is 0 Å². The molecule has 0 unspecified atom stereocenters. The Morgan fingerprint density at radius 3 is 2.35 bits per heavy atom. The minimum atomic E-state index is -0.693. The molecule has 3 nitrogen and oxygen atoms in total. The smallest absolute Gasteiger partial charge is 0.265 e. The van der Waals surface area contributed by atoms with Crippen LogP contribution < -0.4 is 10.1 Å². The van der Waals surface area contributed by atoms with E-state index in [9.17, 15) is 4.79 Å². The first-order chi connectivity index (χ1) is 10.8. The van der Waals surface area contributed by atoms with Gasteiger partial charge in [0.05, 0.1) is 20.8 Å². The molecule has 2 rings (SSSR count). The summed E-state index contributed by atoms with van der Waals surface area (Å²) < 4.78 is 5.71. The van der Waals surface area contributed by atoms with Crippen LogP contribution in [0.4, 0.5) is 5.69 Å². The molecule has 0 heterocycles. The summed E-state index contributed by atoms with van der Waals surface area (Å²) in [6, 6.07) is 8.77. The molecule has 1 atom stereocenters. The topological polar surface area (TPSA) is 38.3 Å². The number of nitrogens with one attached hydrogen (secondary N) is 1. The van der Waals surface area contributed by atoms with E-state index in [0.717, 1.165) is 11.1 Å². The SMILES string of the molecule is Cc1ccc(O[C@@H](C)C(=O)Nc2cc(Cl)c(Cl)cc2Cl)c(C)c1. The molecule has 122 valence electrons. The Balaban J connectivity index is 2.10. The van der Waals surface area contributed by atoms with E-state index in [2.05, 4.69) is 5.32 Å². The van der Waals surface area contributed by atoms with Gasteiger partial charge in [-0.15, -0.1) is 0 Å². The van der Waals surface area contributed by atoms with E-state index < -0.39 is 6.10 Å². The number of aryl methyl sites for hydroxylation is 2. The van der Waals surface area contributed by atoms with Gasteiger partial charge in [-0.1, -0.05) is 52.5 Å². The maximum atomic E-state index is 12.3. The summed E-state index contributed by atoms with van der Waals surface area (Å²) >= 11 is 17.9. The van der Waals surface area contributed by atoms with E-state index in [1.807, 2.05) is 32.0 Å². The Labute approximate surface area is 150 Å². The van der Waals surface area contributed by atoms with Crippen molar-refractivity contribution in [2.24, 2.45) is 0 Å². The summed E-state index contributed by atoms with van der Waals surface area (Å²) in [6.45, 7) is 5.60. The van der Waals surface area contributed by atoms with E-state index >= 15 is 0 Å². The molecule has 1 amide bonds. The number of amides is 1. The molecule has 2 aromatic rings. The second kappa shape index (κ2) is 7.43. The number of ether oxygens (including phenoxy) is 1. The normalized spacial score (nSPS) is 11.9. The number of carbonyl (C=O) groups excluding carboxylic acids is 1. The third-order valence-corrected chi connectivity index (χ3v) is 4.31. The predicted octanol–water partition coefficient (Wildman–Crippen LogP) is 5.67. The van der Waals surface area contributed by atoms with Gasteiger partial charge < -0.3 is 10.1 Å². The highest BCUT2D eigenvalue weighted by molar-refractivity contribution is 6.44. The first-order valence-electron chi connectivity index (χ1n) is 6.97. The van der Waals surface area contributed by atoms with Crippen molar-refractivity contribution >= 4 is 46.4 Å². The Morgan fingerprint density at radius 1 is 1.04 bits per heavy atom. The molecule has 23 heavy (non-hydrogen) atoms. The average molecular weight is 373 g/mol. The second-order valence-corrected chi connectivity index (χ2v) is 6.49. The van der Waals surface area contributed by atoms with Gasteiger partial charge in [0.25, 0.3) is 5.91 Å². The van der Waals surface area contributed by atoms with Crippen molar-refractivity contribution in [2.75, 3.05) is 5.32 Å². The summed E-state index contributed by atoms with van der Waals surface area (Å²) in [7, 11) is 0. The van der Waals surface area contributed by atoms with Gasteiger partial charge in [0.1, 0.15) is 5.75 Å². The van der Waals surface area contributed by atoms with Gasteiger partial charge in [-0.25, -0.2) is 0 Å². The van der Waals surface area contributed by atoms with Gasteiger partial charge in [-0.3, -0.25) is 4.79 Å². The Hall–Kier alpha value is -1.42. The van der Waals surface area contributed by atoms with Crippen LogP contribution in [0, 0.1) is 13.8 Å². The zero-order valence-electron chi connectivity index (χ0n) is 12.9. The van der Waals surface area contributed by atoms with E-state index in [1.54, 1.807) is 6.92 Å². The van der Waals surface area contributed by atoms with Crippen molar-refractivity contribution in [2.45, 2.75) is 26.9 Å². The van der Waals surface area contributed by atoms with Gasteiger partial charge in [0.15, 0.2) is 6.10 Å². The molecular formula is C17H16Cl3NO2. The van der Waals surface area contributed by atoms with Gasteiger partial charge in [-0.05, 0) is 44.5 Å². The minimum Gasteiger partial charge on any atom is -0.481 e. The quantitative estimate of drug-likeness (QED) is 0.702. The molecule has 0 aliphatic rings. The molecule has 0 fully saturated rings. The van der Waals surface area contributed by atoms with Crippen LogP contribution in [0.15, 0.2) is 30.3 Å². The lowest BCUT2D eigenvalue weighted by Crippen LogP contribution is -2.30. The van der Waals surface area contributed by atoms with Crippen molar-refractivity contribution in [3.8, 4) is 5.75 Å². The highest BCUT2D eigenvalue weighted by Gasteiger charge is 2.18. The van der Waals surface area contributed by atoms with Crippen molar-refractivity contribution < 1.29 is 9.53 Å². The number of benzene rings is 2. The lowest BCUT2D eigenvalue weighted by atomic mass is 10.1. The summed E-state index contributed by atoms with van der Waals surface area (Å²) in [6.07, 6.45) is -0.693. The number of halogens is 3. The number of anilines is 1. The Kier molecular flexibility index (Phi) is 5.79. The van der Waals surface area contributed by atoms with E-state index in [1.165, 1.54) is 12.1 Å². The number of rotatable bonds is 4. The second-order valence-electron chi connectivity index (χ2n) is 5.26. The van der Waals surface area contributed by atoms with Crippen LogP contribution in [-0.2, 0) is 4.79 Å². The van der Waals surface area contributed by atoms with E-state index in [-0.39, 0.29) is 5.91 Å². The van der Waals surface area contributed by atoms with E-state index in [0.29, 0.717) is 26.5 Å². The molecule has 0 bridgehead atoms. The zero-order chi connectivity index (χ0) is 17.1. The van der Waals surface area contributed by atoms with Crippen LogP contribution >= 0.6 is 34.8 Å². The number of hydrogen-bond donors (Lipinski definition) is 1. The average Bonchev–Trinajstić information content (AvgIpc) is 2.47. The van der Waals surface area contributed by atoms with Crippen molar-refractivity contribution in [3.63, 3.8) is 0 Å². The van der Waals surface area contributed by atoms with Crippen LogP contribution in [0.2, 0.25) is 15.1 Å². The number of carbonyl (C=O) groups is 1. The summed E-state index contributed by atoms with van der Waals surface area (Å²) in [5.41, 5.74) is 2.49. The molecule has 0 spiro atoms. The molecule has 0 saturated carbocycles. The fourth-order valence-corrected chi connectivity index (χ4v) is 2.62. The molecule has 0 saturated heterocycles. The monoisotopic (exact) mass is 371 g/mol. The molecular weight excluding hydrogens is 357 g/mol. The summed E-state index contributed by atoms with van der Waals surface area (Å²) in [5, 5.41) is 3.64. The minimum absolute atomic E-state index is 0.312. The summed E-state index contributed by atoms with van der Waals surface area (Å²) in [4.78, 5) is 12.3. The van der Waals surface area contributed by atoms with Crippen LogP contribution in [0.1, 0.15) is 18.1 Å². The van der Waals surface area contributed by atoms with Gasteiger partial charge in [0.2, 0.25) is 0 Å². The maximum absolute atomic E-state index is 12.3. The first kappa shape index (κ1) is 17.9. The van der Waals surface area contributed by atoms with Crippen molar-refractivity contribution in [1.82, 2.24) is 0 Å². The Bertz CT molecular complexity index is 747. The maximum Gasteiger partial charge on any atom is 0.265 e. The molecule has 0 radical (unpaired) electrons. The fourth-order valence-electron chi connectivity index (χ4n) is 2.03. The van der Waals surface area contributed by atoms with Crippen molar-refractivity contribution in [1.29, 1.82) is 0 Å². The predicted molar refractivity (Wildman–Crippen MR) is 96.1 cm³/mol. The molecule has 6 heteroatoms. The van der Waals surface area contributed by atoms with Crippen LogP contribution in [0.25, 0.3) is 0 Å². The lowest BCUT2D eigenvalue weighted by molar-refractivity contribution is -0.122. The third kappa shape index (κ3) is 4.54. The molecule has 0 aliphatic carbocycles. The number of hydrogen-bond acceptors (Lipinski definition) is 2. The highest BCUT2D eigenvalue weighted by atomic mass is 35.5. The summed E-state index contributed by atoms with van der Waals surface area (Å²) in [5.74, 6) is 0.337. The first-order valence-corrected chi connectivity index (χ1v) is 8.10. The molecule has 0 aromatic heterocycles. The Morgan fingerprint density at radius 2 is 1.70 bits per heavy atom. The molecule has 2 aromatic carbocycles. The third-order valence-electron chi connectivity index (χ3n) is 3.27. The van der Waals surface area contributed by atoms with Gasteiger partial charge in [-0.2, -0.15) is 0 Å². The van der Waals surface area contributed by atoms with Crippen LogP contribution in [-0.4, -0.2) is 12.0 Å². The van der Waals surface area contributed by atoms with Crippen molar-refractivity contribution in [3.05, 3.63) is 56.5 Å². The molecule has 1 N–H and O–H groups in total. The lowest BCUT2D eigenvalue weighted by Gasteiger charge is -2.17. The fraction of sp³-hybridized carbons (Fsp3) is 0.235. The highest BCUT2D eigenvalue weighted by Crippen LogP contribution is 2.32.